The van der Waals surface area contributed by atoms with E-state index < -0.39 is 46.2 Å². The highest BCUT2D eigenvalue weighted by atomic mass is 31.3. The molecule has 0 aliphatic carbocycles. The largest absolute Gasteiger partial charge is 0.481 e. The zero-order chi connectivity index (χ0) is 20.0. The van der Waals surface area contributed by atoms with Crippen molar-refractivity contribution in [3.05, 3.63) is 16.7 Å². The van der Waals surface area contributed by atoms with E-state index in [0.29, 0.717) is 0 Å². The van der Waals surface area contributed by atoms with E-state index >= 15 is 0 Å². The number of H-pyrrole nitrogens is 1. The summed E-state index contributed by atoms with van der Waals surface area (Å²) in [4.78, 5) is 48.3. The van der Waals surface area contributed by atoms with Crippen LogP contribution in [0.25, 0.3) is 11.2 Å². The Morgan fingerprint density at radius 2 is 2.11 bits per heavy atom. The van der Waals surface area contributed by atoms with Gasteiger partial charge in [-0.05, 0) is 0 Å². The highest BCUT2D eigenvalue weighted by Crippen LogP contribution is 2.57. The van der Waals surface area contributed by atoms with Crippen molar-refractivity contribution in [3.8, 4) is 0 Å². The van der Waals surface area contributed by atoms with Crippen LogP contribution in [0.1, 0.15) is 12.6 Å². The maximum absolute atomic E-state index is 11.8. The maximum Gasteiger partial charge on any atom is 0.481 e. The van der Waals surface area contributed by atoms with E-state index in [1.807, 2.05) is 0 Å². The van der Waals surface area contributed by atoms with Gasteiger partial charge in [-0.3, -0.25) is 18.9 Å². The van der Waals surface area contributed by atoms with Crippen molar-refractivity contribution in [2.45, 2.75) is 24.9 Å². The van der Waals surface area contributed by atoms with Crippen LogP contribution in [-0.2, 0) is 22.7 Å². The number of nitrogens with zero attached hydrogens (tertiary/aromatic N) is 3. The molecule has 1 aliphatic rings. The van der Waals surface area contributed by atoms with Crippen LogP contribution < -0.4 is 11.3 Å². The smallest absolute Gasteiger partial charge is 0.390 e. The third-order valence-electron chi connectivity index (χ3n) is 3.58. The molecule has 2 aromatic rings. The van der Waals surface area contributed by atoms with E-state index in [-0.39, 0.29) is 23.5 Å². The number of ether oxygens (including phenoxy) is 1. The number of imidazole rings is 1. The molecule has 1 saturated heterocycles. The second-order valence-corrected chi connectivity index (χ2v) is 8.37. The van der Waals surface area contributed by atoms with Gasteiger partial charge in [0.25, 0.3) is 5.56 Å². The Balaban J connectivity index is 1.73. The van der Waals surface area contributed by atoms with Crippen molar-refractivity contribution < 1.29 is 42.5 Å². The number of aliphatic hydroxyl groups is 1. The monoisotopic (exact) mass is 427 g/mol. The van der Waals surface area contributed by atoms with Gasteiger partial charge in [-0.15, -0.1) is 0 Å². The number of hydrogen-bond donors (Lipinski definition) is 6. The predicted molar refractivity (Wildman–Crippen MR) is 86.0 cm³/mol. The van der Waals surface area contributed by atoms with Gasteiger partial charge in [0.2, 0.25) is 5.95 Å². The summed E-state index contributed by atoms with van der Waals surface area (Å²) in [5.74, 6) is -0.150. The molecule has 2 aromatic heterocycles. The second kappa shape index (κ2) is 7.05. The molecule has 7 N–H and O–H groups in total. The number of aromatic amines is 1. The number of fused-ring (bicyclic) bond motifs is 1. The molecule has 0 bridgehead atoms. The highest BCUT2D eigenvalue weighted by Gasteiger charge is 2.39. The van der Waals surface area contributed by atoms with Crippen molar-refractivity contribution in [1.29, 1.82) is 0 Å². The van der Waals surface area contributed by atoms with Crippen LogP contribution in [0.5, 0.6) is 0 Å². The minimum Gasteiger partial charge on any atom is -0.390 e. The molecule has 0 saturated carbocycles. The van der Waals surface area contributed by atoms with Crippen LogP contribution in [0.15, 0.2) is 11.1 Å². The van der Waals surface area contributed by atoms with E-state index in [1.165, 1.54) is 10.9 Å². The van der Waals surface area contributed by atoms with Crippen molar-refractivity contribution in [3.63, 3.8) is 0 Å². The Hall–Kier alpha value is -1.67. The molecule has 3 rings (SSSR count). The third kappa shape index (κ3) is 4.60. The lowest BCUT2D eigenvalue weighted by atomic mass is 10.2. The normalized spacial score (nSPS) is 25.7. The predicted octanol–water partition coefficient (Wildman–Crippen LogP) is -1.42. The molecule has 0 amide bonds. The van der Waals surface area contributed by atoms with Crippen molar-refractivity contribution in [2.24, 2.45) is 0 Å². The van der Waals surface area contributed by atoms with Gasteiger partial charge in [-0.2, -0.15) is 9.29 Å². The molecule has 3 heterocycles. The number of nitrogens with one attached hydrogen (secondary N) is 1. The lowest BCUT2D eigenvalue weighted by Gasteiger charge is -2.18. The van der Waals surface area contributed by atoms with Crippen LogP contribution in [0.4, 0.5) is 5.95 Å². The van der Waals surface area contributed by atoms with Crippen LogP contribution in [0, 0.1) is 0 Å². The van der Waals surface area contributed by atoms with Crippen LogP contribution in [0.2, 0.25) is 0 Å². The van der Waals surface area contributed by atoms with Gasteiger partial charge in [0.05, 0.1) is 19.0 Å². The molecular formula is C10H15N5O10P2. The molecule has 15 nitrogen and oxygen atoms in total. The summed E-state index contributed by atoms with van der Waals surface area (Å²) >= 11 is 0. The topological polar surface area (TPSA) is 232 Å². The number of anilines is 1. The van der Waals surface area contributed by atoms with Crippen LogP contribution in [0.3, 0.4) is 0 Å². The first-order valence-electron chi connectivity index (χ1n) is 7.25. The number of phosphoric ester groups is 1. The number of phosphoric acid groups is 2. The Morgan fingerprint density at radius 3 is 2.78 bits per heavy atom. The molecule has 0 spiro atoms. The fourth-order valence-electron chi connectivity index (χ4n) is 2.52. The molecule has 1 unspecified atom stereocenters. The summed E-state index contributed by atoms with van der Waals surface area (Å²) in [6.07, 6.45) is -1.91. The standard InChI is InChI=1S/C10H15N5O10P2/c11-10-13-8-7(9(17)14-10)12-3-15(8)6-1-4(16)5(24-6)2-23-27(21,22)25-26(18,19)20/h3-6,16H,1-2H2,(H,21,22)(H2,18,19,20)(H3,11,13,14,17)/t4-,5-,6-/m0/s1. The first-order valence-corrected chi connectivity index (χ1v) is 10.3. The lowest BCUT2D eigenvalue weighted by molar-refractivity contribution is -0.0423. The average molecular weight is 427 g/mol. The lowest BCUT2D eigenvalue weighted by Crippen LogP contribution is -2.26. The molecule has 0 aromatic carbocycles. The molecule has 27 heavy (non-hydrogen) atoms. The zero-order valence-electron chi connectivity index (χ0n) is 13.3. The fourth-order valence-corrected chi connectivity index (χ4v) is 4.11. The minimum absolute atomic E-state index is 0.00288. The van der Waals surface area contributed by atoms with Crippen molar-refractivity contribution in [2.75, 3.05) is 12.3 Å². The van der Waals surface area contributed by atoms with Crippen LogP contribution in [-0.4, -0.2) is 58.1 Å². The van der Waals surface area contributed by atoms with Gasteiger partial charge >= 0.3 is 15.6 Å². The Bertz CT molecular complexity index is 1000. The molecule has 17 heteroatoms. The quantitative estimate of drug-likeness (QED) is 0.291. The first kappa shape index (κ1) is 20.1. The zero-order valence-corrected chi connectivity index (χ0v) is 15.1. The van der Waals surface area contributed by atoms with Gasteiger partial charge in [-0.1, -0.05) is 0 Å². The highest BCUT2D eigenvalue weighted by molar-refractivity contribution is 7.60. The molecular weight excluding hydrogens is 412 g/mol. The van der Waals surface area contributed by atoms with Gasteiger partial charge in [0, 0.05) is 6.42 Å². The van der Waals surface area contributed by atoms with E-state index in [1.54, 1.807) is 0 Å². The van der Waals surface area contributed by atoms with E-state index in [0.717, 1.165) is 0 Å². The Kier molecular flexibility index (Phi) is 5.24. The number of aliphatic hydroxyl groups excluding tert-OH is 1. The maximum atomic E-state index is 11.8. The van der Waals surface area contributed by atoms with E-state index in [9.17, 15) is 23.9 Å². The summed E-state index contributed by atoms with van der Waals surface area (Å²) in [5, 5.41) is 10.1. The number of hydrogen-bond acceptors (Lipinski definition) is 10. The second-order valence-electron chi connectivity index (χ2n) is 5.54. The number of rotatable bonds is 6. The summed E-state index contributed by atoms with van der Waals surface area (Å²) in [6.45, 7) is -0.700. The number of nitrogen functional groups attached to an aromatic ring is 1. The van der Waals surface area contributed by atoms with Gasteiger partial charge in [0.1, 0.15) is 12.3 Å². The summed E-state index contributed by atoms with van der Waals surface area (Å²) < 4.78 is 37.0. The summed E-state index contributed by atoms with van der Waals surface area (Å²) in [5.41, 5.74) is 5.03. The first-order chi connectivity index (χ1) is 12.5. The van der Waals surface area contributed by atoms with Gasteiger partial charge in [-0.25, -0.2) is 14.1 Å². The van der Waals surface area contributed by atoms with Crippen molar-refractivity contribution >= 4 is 32.8 Å². The minimum atomic E-state index is -5.26. The number of aromatic nitrogens is 4. The molecule has 150 valence electrons. The summed E-state index contributed by atoms with van der Waals surface area (Å²) in [6, 6.07) is 0. The third-order valence-corrected chi connectivity index (χ3v) is 5.73. The van der Waals surface area contributed by atoms with Gasteiger partial charge < -0.3 is 30.3 Å². The fraction of sp³-hybridized carbons (Fsp3) is 0.500. The van der Waals surface area contributed by atoms with Crippen LogP contribution >= 0.6 is 15.6 Å². The summed E-state index contributed by atoms with van der Waals surface area (Å²) in [7, 11) is -10.3. The average Bonchev–Trinajstić information content (AvgIpc) is 3.06. The Morgan fingerprint density at radius 1 is 1.41 bits per heavy atom. The van der Waals surface area contributed by atoms with E-state index in [2.05, 4.69) is 23.8 Å². The van der Waals surface area contributed by atoms with Gasteiger partial charge in [0.15, 0.2) is 11.2 Å². The van der Waals surface area contributed by atoms with E-state index in [4.69, 9.17) is 20.3 Å². The molecule has 0 radical (unpaired) electrons. The molecule has 4 atom stereocenters. The SMILES string of the molecule is Nc1nc2c(ncn2[C@@H]2C[C@H](O)[C@H](COP(=O)(O)OP(=O)(O)O)O2)c(=O)[nH]1. The molecule has 1 fully saturated rings. The number of nitrogens with two attached hydrogens (primary N) is 1. The molecule has 1 aliphatic heterocycles. The Labute approximate surface area is 149 Å². The van der Waals surface area contributed by atoms with Crippen molar-refractivity contribution in [1.82, 2.24) is 19.5 Å².